The first-order valence-corrected chi connectivity index (χ1v) is 4.43. The summed E-state index contributed by atoms with van der Waals surface area (Å²) in [6.45, 7) is 0. The molecule has 1 aromatic carbocycles. The van der Waals surface area contributed by atoms with Crippen LogP contribution in [0, 0.1) is 0 Å². The normalized spacial score (nSPS) is 10.2. The monoisotopic (exact) mass is 239 g/mol. The van der Waals surface area contributed by atoms with Crippen LogP contribution < -0.4 is 0 Å². The van der Waals surface area contributed by atoms with Crippen LogP contribution in [0.3, 0.4) is 0 Å². The number of nitrogens with zero attached hydrogens (tertiary/aromatic N) is 3. The van der Waals surface area contributed by atoms with Crippen molar-refractivity contribution >= 4 is 15.9 Å². The van der Waals surface area contributed by atoms with Crippen LogP contribution in [0.2, 0.25) is 0 Å². The molecule has 2 rings (SSSR count). The van der Waals surface area contributed by atoms with Gasteiger partial charge >= 0.3 is 0 Å². The zero-order valence-electron chi connectivity index (χ0n) is 6.55. The molecular formula is C8H6BrN3O. The van der Waals surface area contributed by atoms with E-state index in [2.05, 4.69) is 26.1 Å². The Morgan fingerprint density at radius 3 is 2.69 bits per heavy atom. The van der Waals surface area contributed by atoms with Crippen LogP contribution in [-0.2, 0) is 0 Å². The van der Waals surface area contributed by atoms with Gasteiger partial charge in [0.05, 0.1) is 6.20 Å². The summed E-state index contributed by atoms with van der Waals surface area (Å²) in [5.74, 6) is 0.158. The zero-order valence-corrected chi connectivity index (χ0v) is 8.14. The van der Waals surface area contributed by atoms with Gasteiger partial charge in [0.15, 0.2) is 0 Å². The SMILES string of the molecule is Oc1ccccc1-n1ncc(Br)n1. The Balaban J connectivity index is 2.52. The smallest absolute Gasteiger partial charge is 0.148 e. The molecule has 0 unspecified atom stereocenters. The van der Waals surface area contributed by atoms with E-state index in [1.54, 1.807) is 24.4 Å². The maximum atomic E-state index is 9.46. The zero-order chi connectivity index (χ0) is 9.26. The molecule has 5 heteroatoms. The second kappa shape index (κ2) is 3.18. The summed E-state index contributed by atoms with van der Waals surface area (Å²) >= 11 is 3.18. The highest BCUT2D eigenvalue weighted by atomic mass is 79.9. The fourth-order valence-corrected chi connectivity index (χ4v) is 1.24. The van der Waals surface area contributed by atoms with Gasteiger partial charge < -0.3 is 5.11 Å². The highest BCUT2D eigenvalue weighted by molar-refractivity contribution is 9.10. The van der Waals surface area contributed by atoms with Crippen molar-refractivity contribution in [1.29, 1.82) is 0 Å². The van der Waals surface area contributed by atoms with E-state index in [4.69, 9.17) is 0 Å². The molecular weight excluding hydrogens is 234 g/mol. The Labute approximate surface area is 82.9 Å². The highest BCUT2D eigenvalue weighted by Gasteiger charge is 2.04. The van der Waals surface area contributed by atoms with Crippen LogP contribution in [0.5, 0.6) is 5.75 Å². The molecule has 0 aliphatic rings. The molecule has 0 fully saturated rings. The number of benzene rings is 1. The third-order valence-electron chi connectivity index (χ3n) is 1.56. The fraction of sp³-hybridized carbons (Fsp3) is 0. The molecule has 1 N–H and O–H groups in total. The summed E-state index contributed by atoms with van der Waals surface area (Å²) in [4.78, 5) is 1.36. The van der Waals surface area contributed by atoms with Crippen LogP contribution in [0.25, 0.3) is 5.69 Å². The minimum Gasteiger partial charge on any atom is -0.506 e. The molecule has 66 valence electrons. The standard InChI is InChI=1S/C8H6BrN3O/c9-8-5-10-12(11-8)6-3-1-2-4-7(6)13/h1-5,13H. The van der Waals surface area contributed by atoms with E-state index in [-0.39, 0.29) is 5.75 Å². The van der Waals surface area contributed by atoms with Gasteiger partial charge in [-0.2, -0.15) is 5.10 Å². The van der Waals surface area contributed by atoms with E-state index in [0.29, 0.717) is 10.3 Å². The molecule has 0 radical (unpaired) electrons. The lowest BCUT2D eigenvalue weighted by molar-refractivity contribution is 0.467. The van der Waals surface area contributed by atoms with Gasteiger partial charge in [-0.1, -0.05) is 12.1 Å². The molecule has 1 heterocycles. The van der Waals surface area contributed by atoms with Gasteiger partial charge in [-0.3, -0.25) is 0 Å². The van der Waals surface area contributed by atoms with Crippen LogP contribution in [0.15, 0.2) is 35.1 Å². The molecule has 0 aliphatic heterocycles. The molecule has 13 heavy (non-hydrogen) atoms. The van der Waals surface area contributed by atoms with E-state index < -0.39 is 0 Å². The molecule has 0 amide bonds. The van der Waals surface area contributed by atoms with Gasteiger partial charge in [0.25, 0.3) is 0 Å². The van der Waals surface area contributed by atoms with Crippen molar-refractivity contribution in [1.82, 2.24) is 15.0 Å². The number of rotatable bonds is 1. The number of para-hydroxylation sites is 2. The maximum Gasteiger partial charge on any atom is 0.148 e. The number of halogens is 1. The van der Waals surface area contributed by atoms with E-state index >= 15 is 0 Å². The quantitative estimate of drug-likeness (QED) is 0.825. The molecule has 0 atom stereocenters. The average Bonchev–Trinajstić information content (AvgIpc) is 2.53. The van der Waals surface area contributed by atoms with Crippen LogP contribution >= 0.6 is 15.9 Å². The summed E-state index contributed by atoms with van der Waals surface area (Å²) < 4.78 is 0.635. The lowest BCUT2D eigenvalue weighted by atomic mass is 10.3. The summed E-state index contributed by atoms with van der Waals surface area (Å²) in [6.07, 6.45) is 1.56. The van der Waals surface area contributed by atoms with Crippen molar-refractivity contribution in [2.75, 3.05) is 0 Å². The number of phenolic OH excluding ortho intramolecular Hbond substituents is 1. The molecule has 0 bridgehead atoms. The largest absolute Gasteiger partial charge is 0.506 e. The van der Waals surface area contributed by atoms with Crippen LogP contribution in [0.4, 0.5) is 0 Å². The molecule has 2 aromatic rings. The number of hydrogen-bond donors (Lipinski definition) is 1. The van der Waals surface area contributed by atoms with Crippen LogP contribution in [0.1, 0.15) is 0 Å². The third-order valence-corrected chi connectivity index (χ3v) is 1.92. The highest BCUT2D eigenvalue weighted by Crippen LogP contribution is 2.19. The topological polar surface area (TPSA) is 50.9 Å². The number of aromatic nitrogens is 3. The van der Waals surface area contributed by atoms with E-state index in [0.717, 1.165) is 0 Å². The Morgan fingerprint density at radius 1 is 1.31 bits per heavy atom. The van der Waals surface area contributed by atoms with Crippen molar-refractivity contribution in [2.24, 2.45) is 0 Å². The minimum atomic E-state index is 0.158. The fourth-order valence-electron chi connectivity index (χ4n) is 0.994. The summed E-state index contributed by atoms with van der Waals surface area (Å²) in [6, 6.07) is 6.89. The average molecular weight is 240 g/mol. The summed E-state index contributed by atoms with van der Waals surface area (Å²) in [5.41, 5.74) is 0.563. The maximum absolute atomic E-state index is 9.46. The Kier molecular flexibility index (Phi) is 2.02. The Bertz CT molecular complexity index is 427. The number of phenols is 1. The van der Waals surface area contributed by atoms with E-state index in [9.17, 15) is 5.11 Å². The van der Waals surface area contributed by atoms with E-state index in [1.165, 1.54) is 4.80 Å². The number of hydrogen-bond acceptors (Lipinski definition) is 3. The van der Waals surface area contributed by atoms with Gasteiger partial charge in [0.2, 0.25) is 0 Å². The Hall–Kier alpha value is -1.36. The summed E-state index contributed by atoms with van der Waals surface area (Å²) in [7, 11) is 0. The predicted molar refractivity (Wildman–Crippen MR) is 50.7 cm³/mol. The molecule has 0 aliphatic carbocycles. The Morgan fingerprint density at radius 2 is 2.08 bits per heavy atom. The van der Waals surface area contributed by atoms with Crippen molar-refractivity contribution in [3.05, 3.63) is 35.1 Å². The van der Waals surface area contributed by atoms with Crippen molar-refractivity contribution in [3.63, 3.8) is 0 Å². The summed E-state index contributed by atoms with van der Waals surface area (Å²) in [5, 5.41) is 17.4. The second-order valence-electron chi connectivity index (χ2n) is 2.45. The molecule has 4 nitrogen and oxygen atoms in total. The van der Waals surface area contributed by atoms with Gasteiger partial charge in [-0.05, 0) is 28.1 Å². The van der Waals surface area contributed by atoms with Crippen molar-refractivity contribution < 1.29 is 5.11 Å². The van der Waals surface area contributed by atoms with Gasteiger partial charge in [-0.25, -0.2) is 0 Å². The lowest BCUT2D eigenvalue weighted by Crippen LogP contribution is -1.98. The van der Waals surface area contributed by atoms with Gasteiger partial charge in [-0.15, -0.1) is 9.90 Å². The lowest BCUT2D eigenvalue weighted by Gasteiger charge is -2.00. The first-order chi connectivity index (χ1) is 6.27. The number of aromatic hydroxyl groups is 1. The van der Waals surface area contributed by atoms with Crippen molar-refractivity contribution in [3.8, 4) is 11.4 Å². The second-order valence-corrected chi connectivity index (χ2v) is 3.26. The third kappa shape index (κ3) is 1.55. The van der Waals surface area contributed by atoms with Crippen LogP contribution in [-0.4, -0.2) is 20.1 Å². The van der Waals surface area contributed by atoms with Crippen molar-refractivity contribution in [2.45, 2.75) is 0 Å². The molecule has 0 spiro atoms. The molecule has 1 aromatic heterocycles. The first-order valence-electron chi connectivity index (χ1n) is 3.63. The van der Waals surface area contributed by atoms with E-state index in [1.807, 2.05) is 6.07 Å². The minimum absolute atomic E-state index is 0.158. The van der Waals surface area contributed by atoms with Gasteiger partial charge in [0, 0.05) is 0 Å². The predicted octanol–water partition coefficient (Wildman–Crippen LogP) is 1.74. The van der Waals surface area contributed by atoms with Gasteiger partial charge in [0.1, 0.15) is 16.0 Å². The first kappa shape index (κ1) is 8.25. The molecule has 0 saturated carbocycles. The molecule has 0 saturated heterocycles.